The van der Waals surface area contributed by atoms with Crippen molar-refractivity contribution in [1.82, 2.24) is 19.8 Å². The van der Waals surface area contributed by atoms with Gasteiger partial charge in [-0.3, -0.25) is 19.1 Å². The molecule has 9 heteroatoms. The molecule has 2 saturated heterocycles. The molecular weight excluding hydrogens is 444 g/mol. The minimum atomic E-state index is -0.602. The van der Waals surface area contributed by atoms with Crippen LogP contribution in [0.5, 0.6) is 0 Å². The van der Waals surface area contributed by atoms with Crippen molar-refractivity contribution in [3.8, 4) is 5.69 Å². The molecule has 2 aliphatic heterocycles. The first-order valence-electron chi connectivity index (χ1n) is 11.7. The van der Waals surface area contributed by atoms with Crippen molar-refractivity contribution < 1.29 is 9.53 Å². The van der Waals surface area contributed by atoms with Gasteiger partial charge in [-0.25, -0.2) is 4.79 Å². The molecule has 1 aromatic carbocycles. The summed E-state index contributed by atoms with van der Waals surface area (Å²) in [6.45, 7) is 5.17. The number of halogens is 1. The van der Waals surface area contributed by atoms with Crippen LogP contribution < -0.4 is 16.6 Å². The van der Waals surface area contributed by atoms with Crippen LogP contribution in [0.1, 0.15) is 42.5 Å². The fourth-order valence-corrected chi connectivity index (χ4v) is 4.80. The predicted octanol–water partition coefficient (Wildman–Crippen LogP) is 2.44. The van der Waals surface area contributed by atoms with E-state index in [2.05, 4.69) is 10.3 Å². The number of hydrogen-bond acceptors (Lipinski definition) is 5. The number of hydrogen-bond donors (Lipinski definition) is 2. The van der Waals surface area contributed by atoms with Gasteiger partial charge in [0, 0.05) is 44.1 Å². The maximum Gasteiger partial charge on any atom is 0.332 e. The van der Waals surface area contributed by atoms with E-state index in [1.54, 1.807) is 18.2 Å². The molecule has 0 spiro atoms. The molecule has 2 fully saturated rings. The topological polar surface area (TPSA) is 96.4 Å². The first kappa shape index (κ1) is 23.7. The molecule has 2 N–H and O–H groups in total. The van der Waals surface area contributed by atoms with E-state index in [1.807, 2.05) is 4.90 Å². The van der Waals surface area contributed by atoms with Crippen LogP contribution in [0.3, 0.4) is 0 Å². The van der Waals surface area contributed by atoms with Gasteiger partial charge in [0.05, 0.1) is 10.7 Å². The van der Waals surface area contributed by atoms with Crippen molar-refractivity contribution in [2.24, 2.45) is 11.8 Å². The minimum absolute atomic E-state index is 0.0873. The Morgan fingerprint density at radius 1 is 1.06 bits per heavy atom. The lowest BCUT2D eigenvalue weighted by atomic mass is 9.95. The zero-order chi connectivity index (χ0) is 23.2. The van der Waals surface area contributed by atoms with Gasteiger partial charge in [-0.2, -0.15) is 0 Å². The van der Waals surface area contributed by atoms with Crippen molar-refractivity contribution in [2.75, 3.05) is 39.4 Å². The van der Waals surface area contributed by atoms with E-state index in [0.29, 0.717) is 35.3 Å². The van der Waals surface area contributed by atoms with Gasteiger partial charge >= 0.3 is 5.69 Å². The quantitative estimate of drug-likeness (QED) is 0.601. The van der Waals surface area contributed by atoms with Crippen molar-refractivity contribution >= 4 is 17.5 Å². The second-order valence-corrected chi connectivity index (χ2v) is 9.35. The number of rotatable bonds is 7. The lowest BCUT2D eigenvalue weighted by molar-refractivity contribution is 0.0482. The summed E-state index contributed by atoms with van der Waals surface area (Å²) in [5, 5.41) is 3.71. The molecule has 33 heavy (non-hydrogen) atoms. The van der Waals surface area contributed by atoms with E-state index in [0.717, 1.165) is 51.5 Å². The van der Waals surface area contributed by atoms with Crippen LogP contribution in [0.4, 0.5) is 0 Å². The second kappa shape index (κ2) is 11.1. The van der Waals surface area contributed by atoms with Gasteiger partial charge in [0.2, 0.25) is 0 Å². The highest BCUT2D eigenvalue weighted by Gasteiger charge is 2.24. The molecule has 0 unspecified atom stereocenters. The third kappa shape index (κ3) is 6.13. The van der Waals surface area contributed by atoms with Gasteiger partial charge in [-0.05, 0) is 75.2 Å². The number of nitrogens with zero attached hydrogens (tertiary/aromatic N) is 2. The highest BCUT2D eigenvalue weighted by Crippen LogP contribution is 2.24. The van der Waals surface area contributed by atoms with E-state index >= 15 is 0 Å². The van der Waals surface area contributed by atoms with Crippen molar-refractivity contribution in [3.05, 3.63) is 61.9 Å². The molecule has 8 nitrogen and oxygen atoms in total. The number of likely N-dealkylation sites (tertiary alicyclic amines) is 1. The molecular formula is C24H31ClN4O4. The second-order valence-electron chi connectivity index (χ2n) is 8.94. The Hall–Kier alpha value is -2.42. The number of amides is 1. The molecule has 2 aliphatic rings. The summed E-state index contributed by atoms with van der Waals surface area (Å²) in [5.74, 6) is 1.17. The Bertz CT molecular complexity index is 1070. The largest absolute Gasteiger partial charge is 0.381 e. The Morgan fingerprint density at radius 2 is 1.82 bits per heavy atom. The maximum atomic E-state index is 13.1. The van der Waals surface area contributed by atoms with Gasteiger partial charge in [0.1, 0.15) is 0 Å². The SMILES string of the molecule is O=C(c1ccc(Cl)c(-n2ccc(=O)[nH]c2=O)c1)N1CCC(COCCC2CCNCC2)CC1. The molecule has 0 saturated carbocycles. The molecule has 4 rings (SSSR count). The number of H-pyrrole nitrogens is 1. The fraction of sp³-hybridized carbons (Fsp3) is 0.542. The molecule has 178 valence electrons. The predicted molar refractivity (Wildman–Crippen MR) is 127 cm³/mol. The number of aromatic nitrogens is 2. The van der Waals surface area contributed by atoms with Gasteiger partial charge in [-0.1, -0.05) is 11.6 Å². The van der Waals surface area contributed by atoms with E-state index < -0.39 is 11.2 Å². The standard InChI is InChI=1S/C24H31ClN4O4/c25-20-2-1-19(15-21(20)29-13-7-22(30)27-24(29)32)23(31)28-11-5-18(6-12-28)16-33-14-8-17-3-9-26-10-4-17/h1-2,7,13,15,17-18,26H,3-6,8-12,14,16H2,(H,27,30,32). The molecule has 0 radical (unpaired) electrons. The number of piperidine rings is 2. The third-order valence-electron chi connectivity index (χ3n) is 6.66. The van der Waals surface area contributed by atoms with E-state index in [4.69, 9.17) is 16.3 Å². The number of aromatic amines is 1. The Morgan fingerprint density at radius 3 is 2.55 bits per heavy atom. The van der Waals surface area contributed by atoms with Crippen molar-refractivity contribution in [3.63, 3.8) is 0 Å². The summed E-state index contributed by atoms with van der Waals surface area (Å²) in [7, 11) is 0. The molecule has 1 amide bonds. The summed E-state index contributed by atoms with van der Waals surface area (Å²) >= 11 is 6.27. The van der Waals surface area contributed by atoms with Crippen LogP contribution in [-0.4, -0.2) is 59.8 Å². The van der Waals surface area contributed by atoms with Gasteiger partial charge in [-0.15, -0.1) is 0 Å². The normalized spacial score (nSPS) is 17.9. The maximum absolute atomic E-state index is 13.1. The van der Waals surface area contributed by atoms with Crippen LogP contribution in [0, 0.1) is 11.8 Å². The van der Waals surface area contributed by atoms with Crippen molar-refractivity contribution in [2.45, 2.75) is 32.1 Å². The smallest absolute Gasteiger partial charge is 0.332 e. The molecule has 2 aromatic rings. The number of benzene rings is 1. The molecule has 0 aliphatic carbocycles. The number of carbonyl (C=O) groups excluding carboxylic acids is 1. The molecule has 3 heterocycles. The van der Waals surface area contributed by atoms with Crippen LogP contribution in [0.2, 0.25) is 5.02 Å². The monoisotopic (exact) mass is 474 g/mol. The van der Waals surface area contributed by atoms with Crippen LogP contribution in [0.15, 0.2) is 40.1 Å². The summed E-state index contributed by atoms with van der Waals surface area (Å²) in [6.07, 6.45) is 6.81. The highest BCUT2D eigenvalue weighted by atomic mass is 35.5. The van der Waals surface area contributed by atoms with E-state index in [1.165, 1.54) is 29.7 Å². The van der Waals surface area contributed by atoms with Crippen molar-refractivity contribution in [1.29, 1.82) is 0 Å². The first-order chi connectivity index (χ1) is 16.0. The third-order valence-corrected chi connectivity index (χ3v) is 6.98. The zero-order valence-electron chi connectivity index (χ0n) is 18.7. The molecule has 1 aromatic heterocycles. The lowest BCUT2D eigenvalue weighted by Gasteiger charge is -2.32. The van der Waals surface area contributed by atoms with Crippen LogP contribution in [0.25, 0.3) is 5.69 Å². The fourth-order valence-electron chi connectivity index (χ4n) is 4.59. The summed E-state index contributed by atoms with van der Waals surface area (Å²) in [5.41, 5.74) is -0.266. The number of nitrogens with one attached hydrogen (secondary N) is 2. The van der Waals surface area contributed by atoms with Gasteiger partial charge < -0.3 is 15.0 Å². The van der Waals surface area contributed by atoms with Crippen LogP contribution in [-0.2, 0) is 4.74 Å². The minimum Gasteiger partial charge on any atom is -0.381 e. The summed E-state index contributed by atoms with van der Waals surface area (Å²) < 4.78 is 7.19. The first-order valence-corrected chi connectivity index (χ1v) is 12.1. The Kier molecular flexibility index (Phi) is 8.01. The number of carbonyl (C=O) groups is 1. The van der Waals surface area contributed by atoms with Gasteiger partial charge in [0.25, 0.3) is 11.5 Å². The summed E-state index contributed by atoms with van der Waals surface area (Å²) in [4.78, 5) is 40.6. The van der Waals surface area contributed by atoms with Crippen LogP contribution >= 0.6 is 11.6 Å². The Labute approximate surface area is 197 Å². The zero-order valence-corrected chi connectivity index (χ0v) is 19.5. The van der Waals surface area contributed by atoms with Gasteiger partial charge in [0.15, 0.2) is 0 Å². The summed E-state index contributed by atoms with van der Waals surface area (Å²) in [6, 6.07) is 6.11. The van der Waals surface area contributed by atoms with E-state index in [9.17, 15) is 14.4 Å². The molecule has 0 bridgehead atoms. The van der Waals surface area contributed by atoms with E-state index in [-0.39, 0.29) is 5.91 Å². The number of ether oxygens (including phenoxy) is 1. The Balaban J connectivity index is 1.29. The average molecular weight is 475 g/mol. The lowest BCUT2D eigenvalue weighted by Crippen LogP contribution is -2.39. The average Bonchev–Trinajstić information content (AvgIpc) is 2.83. The highest BCUT2D eigenvalue weighted by molar-refractivity contribution is 6.32. The molecule has 0 atom stereocenters.